The number of furan rings is 1. The molecule has 0 unspecified atom stereocenters. The predicted octanol–water partition coefficient (Wildman–Crippen LogP) is 4.83. The Kier molecular flexibility index (Phi) is 6.22. The van der Waals surface area contributed by atoms with Crippen LogP contribution >= 0.6 is 11.8 Å². The lowest BCUT2D eigenvalue weighted by Crippen LogP contribution is -2.28. The van der Waals surface area contributed by atoms with Crippen LogP contribution in [-0.4, -0.2) is 27.1 Å². The number of nitro groups is 1. The van der Waals surface area contributed by atoms with Gasteiger partial charge >= 0.3 is 0 Å². The first kappa shape index (κ1) is 21.2. The van der Waals surface area contributed by atoms with Gasteiger partial charge in [-0.15, -0.1) is 5.10 Å². The van der Waals surface area contributed by atoms with Crippen molar-refractivity contribution in [2.75, 3.05) is 0 Å². The third-order valence-electron chi connectivity index (χ3n) is 4.43. The van der Waals surface area contributed by atoms with E-state index in [1.165, 1.54) is 41.7 Å². The van der Waals surface area contributed by atoms with Crippen molar-refractivity contribution in [1.29, 1.82) is 0 Å². The zero-order valence-electron chi connectivity index (χ0n) is 16.4. The van der Waals surface area contributed by atoms with Crippen molar-refractivity contribution >= 4 is 40.8 Å². The summed E-state index contributed by atoms with van der Waals surface area (Å²) in [5.74, 6) is -0.232. The third kappa shape index (κ3) is 4.81. The average Bonchev–Trinajstić information content (AvgIpc) is 3.40. The summed E-state index contributed by atoms with van der Waals surface area (Å²) < 4.78 is 19.4. The predicted molar refractivity (Wildman–Crippen MR) is 119 cm³/mol. The number of halogens is 1. The van der Waals surface area contributed by atoms with Gasteiger partial charge in [-0.05, 0) is 53.7 Å². The average molecular weight is 450 g/mol. The van der Waals surface area contributed by atoms with Crippen molar-refractivity contribution in [3.8, 4) is 0 Å². The number of non-ortho nitro benzene ring substituents is 1. The van der Waals surface area contributed by atoms with E-state index in [0.29, 0.717) is 21.4 Å². The van der Waals surface area contributed by atoms with Crippen LogP contribution in [0.5, 0.6) is 0 Å². The van der Waals surface area contributed by atoms with Crippen LogP contribution in [0.3, 0.4) is 0 Å². The Balaban J connectivity index is 1.60. The zero-order valence-corrected chi connectivity index (χ0v) is 17.2. The standard InChI is InChI=1S/C22H15FN4O4S/c23-19-6-2-1-4-16(19)12-20-21(28)26(14-18-5-3-11-31-18)22(32-20)25-24-13-15-7-9-17(10-8-15)27(29)30/h1-13H,14H2/b20-12-,24-13+,25-22-. The minimum atomic E-state index is -0.488. The fourth-order valence-electron chi connectivity index (χ4n) is 2.84. The van der Waals surface area contributed by atoms with E-state index >= 15 is 0 Å². The van der Waals surface area contributed by atoms with Gasteiger partial charge in [-0.25, -0.2) is 4.39 Å². The second-order valence-electron chi connectivity index (χ2n) is 6.58. The van der Waals surface area contributed by atoms with Crippen molar-refractivity contribution in [2.45, 2.75) is 6.54 Å². The highest BCUT2D eigenvalue weighted by atomic mass is 32.2. The molecule has 1 amide bonds. The van der Waals surface area contributed by atoms with Gasteiger partial charge in [-0.2, -0.15) is 5.10 Å². The molecule has 3 aromatic rings. The van der Waals surface area contributed by atoms with E-state index in [4.69, 9.17) is 4.42 Å². The molecule has 0 radical (unpaired) electrons. The smallest absolute Gasteiger partial charge is 0.269 e. The Labute approximate surface area is 185 Å². The number of hydrogen-bond donors (Lipinski definition) is 0. The van der Waals surface area contributed by atoms with E-state index in [1.807, 2.05) is 0 Å². The lowest BCUT2D eigenvalue weighted by molar-refractivity contribution is -0.384. The summed E-state index contributed by atoms with van der Waals surface area (Å²) in [4.78, 5) is 24.9. The number of nitrogens with zero attached hydrogens (tertiary/aromatic N) is 4. The minimum absolute atomic E-state index is 0.0297. The van der Waals surface area contributed by atoms with E-state index in [1.54, 1.807) is 42.5 Å². The maximum Gasteiger partial charge on any atom is 0.269 e. The van der Waals surface area contributed by atoms with Crippen LogP contribution in [0.1, 0.15) is 16.9 Å². The van der Waals surface area contributed by atoms with Crippen molar-refractivity contribution in [2.24, 2.45) is 10.2 Å². The molecule has 1 aliphatic rings. The normalized spacial score (nSPS) is 16.5. The van der Waals surface area contributed by atoms with Gasteiger partial charge in [0, 0.05) is 17.7 Å². The molecule has 1 saturated heterocycles. The lowest BCUT2D eigenvalue weighted by Gasteiger charge is -2.12. The quantitative estimate of drug-likeness (QED) is 0.232. The van der Waals surface area contributed by atoms with Gasteiger partial charge < -0.3 is 4.42 Å². The molecule has 8 nitrogen and oxygen atoms in total. The zero-order chi connectivity index (χ0) is 22.5. The highest BCUT2D eigenvalue weighted by Crippen LogP contribution is 2.34. The second-order valence-corrected chi connectivity index (χ2v) is 7.59. The molecule has 1 aromatic heterocycles. The van der Waals surface area contributed by atoms with E-state index in [0.717, 1.165) is 11.8 Å². The Morgan fingerprint density at radius 1 is 1.12 bits per heavy atom. The first-order chi connectivity index (χ1) is 15.5. The molecule has 160 valence electrons. The molecular formula is C22H15FN4O4S. The summed E-state index contributed by atoms with van der Waals surface area (Å²) in [6.07, 6.45) is 4.40. The molecular weight excluding hydrogens is 435 g/mol. The number of carbonyl (C=O) groups excluding carboxylic acids is 1. The van der Waals surface area contributed by atoms with Gasteiger partial charge in [0.25, 0.3) is 11.6 Å². The van der Waals surface area contributed by atoms with Gasteiger partial charge in [0.05, 0.1) is 28.9 Å². The summed E-state index contributed by atoms with van der Waals surface area (Å²) in [6.45, 7) is 0.138. The summed E-state index contributed by atoms with van der Waals surface area (Å²) in [6, 6.07) is 15.4. The van der Waals surface area contributed by atoms with Crippen LogP contribution in [0.4, 0.5) is 10.1 Å². The molecule has 0 atom stereocenters. The Hall–Kier alpha value is -4.05. The van der Waals surface area contributed by atoms with Crippen LogP contribution in [0.15, 0.2) is 86.5 Å². The molecule has 0 bridgehead atoms. The maximum atomic E-state index is 14.0. The molecule has 0 saturated carbocycles. The second kappa shape index (κ2) is 9.40. The Morgan fingerprint density at radius 2 is 1.91 bits per heavy atom. The number of nitro benzene ring substituents is 1. The molecule has 0 N–H and O–H groups in total. The number of carbonyl (C=O) groups is 1. The largest absolute Gasteiger partial charge is 0.467 e. The number of amidine groups is 1. The first-order valence-electron chi connectivity index (χ1n) is 9.35. The molecule has 10 heteroatoms. The number of thioether (sulfide) groups is 1. The first-order valence-corrected chi connectivity index (χ1v) is 10.2. The van der Waals surface area contributed by atoms with Crippen molar-refractivity contribution in [3.63, 3.8) is 0 Å². The molecule has 4 rings (SSSR count). The van der Waals surface area contributed by atoms with Crippen LogP contribution in [0, 0.1) is 15.9 Å². The van der Waals surface area contributed by atoms with Crippen LogP contribution in [0.25, 0.3) is 6.08 Å². The van der Waals surface area contributed by atoms with Gasteiger partial charge in [-0.1, -0.05) is 18.2 Å². The van der Waals surface area contributed by atoms with Gasteiger partial charge in [0.15, 0.2) is 5.17 Å². The molecule has 1 fully saturated rings. The summed E-state index contributed by atoms with van der Waals surface area (Å²) in [5, 5.41) is 19.2. The van der Waals surface area contributed by atoms with Gasteiger partial charge in [-0.3, -0.25) is 19.8 Å². The fourth-order valence-corrected chi connectivity index (χ4v) is 3.77. The monoisotopic (exact) mass is 450 g/mol. The van der Waals surface area contributed by atoms with Crippen LogP contribution < -0.4 is 0 Å². The highest BCUT2D eigenvalue weighted by molar-refractivity contribution is 8.18. The molecule has 32 heavy (non-hydrogen) atoms. The Bertz CT molecular complexity index is 1240. The Morgan fingerprint density at radius 3 is 2.59 bits per heavy atom. The van der Waals surface area contributed by atoms with Crippen LogP contribution in [-0.2, 0) is 11.3 Å². The lowest BCUT2D eigenvalue weighted by atomic mass is 10.2. The molecule has 1 aliphatic heterocycles. The summed E-state index contributed by atoms with van der Waals surface area (Å²) >= 11 is 1.07. The summed E-state index contributed by atoms with van der Waals surface area (Å²) in [7, 11) is 0. The highest BCUT2D eigenvalue weighted by Gasteiger charge is 2.34. The van der Waals surface area contributed by atoms with Crippen molar-refractivity contribution in [1.82, 2.24) is 4.90 Å². The van der Waals surface area contributed by atoms with E-state index < -0.39 is 10.7 Å². The number of benzene rings is 2. The van der Waals surface area contributed by atoms with Crippen molar-refractivity contribution in [3.05, 3.63) is 105 Å². The molecule has 2 heterocycles. The van der Waals surface area contributed by atoms with E-state index in [-0.39, 0.29) is 23.7 Å². The van der Waals surface area contributed by atoms with Crippen LogP contribution in [0.2, 0.25) is 0 Å². The van der Waals surface area contributed by atoms with E-state index in [2.05, 4.69) is 10.2 Å². The van der Waals surface area contributed by atoms with Gasteiger partial charge in [0.1, 0.15) is 11.6 Å². The summed E-state index contributed by atoms with van der Waals surface area (Å²) in [5.41, 5.74) is 0.865. The minimum Gasteiger partial charge on any atom is -0.467 e. The maximum absolute atomic E-state index is 14.0. The number of amides is 1. The molecule has 0 aliphatic carbocycles. The van der Waals surface area contributed by atoms with Gasteiger partial charge in [0.2, 0.25) is 0 Å². The third-order valence-corrected chi connectivity index (χ3v) is 5.42. The fraction of sp³-hybridized carbons (Fsp3) is 0.0455. The molecule has 0 spiro atoms. The number of hydrogen-bond acceptors (Lipinski definition) is 7. The SMILES string of the molecule is O=C1/C(=C/c2ccccc2F)S/C(=N\N=C\c2ccc([N+](=O)[O-])cc2)N1Cc1ccco1. The topological polar surface area (TPSA) is 101 Å². The van der Waals surface area contributed by atoms with E-state index in [9.17, 15) is 19.3 Å². The van der Waals surface area contributed by atoms with Crippen molar-refractivity contribution < 1.29 is 18.5 Å². The molecule has 2 aromatic carbocycles. The number of rotatable bonds is 6.